The van der Waals surface area contributed by atoms with Gasteiger partial charge in [0.15, 0.2) is 6.61 Å². The number of aliphatic hydroxyl groups excluding tert-OH is 1. The molecule has 4 nitrogen and oxygen atoms in total. The van der Waals surface area contributed by atoms with E-state index in [9.17, 15) is 9.90 Å². The van der Waals surface area contributed by atoms with Crippen molar-refractivity contribution < 1.29 is 14.6 Å². The maximum atomic E-state index is 12.3. The number of halogens is 1. The highest BCUT2D eigenvalue weighted by Gasteiger charge is 2.50. The first-order valence-corrected chi connectivity index (χ1v) is 10.1. The van der Waals surface area contributed by atoms with Crippen molar-refractivity contribution in [1.29, 1.82) is 0 Å². The van der Waals surface area contributed by atoms with Gasteiger partial charge in [0.05, 0.1) is 6.61 Å². The Balaban J connectivity index is 1.30. The number of carbonyl (C=O) groups is 1. The maximum absolute atomic E-state index is 12.3. The van der Waals surface area contributed by atoms with Crippen molar-refractivity contribution in [1.82, 2.24) is 5.32 Å². The van der Waals surface area contributed by atoms with Crippen LogP contribution in [0.15, 0.2) is 22.7 Å². The van der Waals surface area contributed by atoms with Gasteiger partial charge >= 0.3 is 0 Å². The van der Waals surface area contributed by atoms with Crippen LogP contribution >= 0.6 is 15.9 Å². The summed E-state index contributed by atoms with van der Waals surface area (Å²) in [6.45, 7) is 0.691. The quantitative estimate of drug-likeness (QED) is 0.756. The Morgan fingerprint density at radius 1 is 1.20 bits per heavy atom. The molecule has 2 N–H and O–H groups in total. The van der Waals surface area contributed by atoms with Crippen molar-refractivity contribution in [2.24, 2.45) is 23.2 Å². The van der Waals surface area contributed by atoms with Gasteiger partial charge in [-0.1, -0.05) is 15.9 Å². The minimum Gasteiger partial charge on any atom is -0.483 e. The van der Waals surface area contributed by atoms with Gasteiger partial charge in [-0.2, -0.15) is 0 Å². The average Bonchev–Trinajstić information content (AvgIpc) is 2.57. The molecule has 4 saturated carbocycles. The summed E-state index contributed by atoms with van der Waals surface area (Å²) in [6, 6.07) is 5.44. The van der Waals surface area contributed by atoms with E-state index in [1.165, 1.54) is 38.5 Å². The SMILES string of the molecule is O=C(COc1ccc(Br)cc1CO)NCC12CC3CC(CC(C3)C1)C2. The van der Waals surface area contributed by atoms with Crippen LogP contribution < -0.4 is 10.1 Å². The Hall–Kier alpha value is -1.07. The zero-order valence-corrected chi connectivity index (χ0v) is 16.1. The molecule has 4 aliphatic rings. The maximum Gasteiger partial charge on any atom is 0.257 e. The molecule has 0 heterocycles. The molecule has 25 heavy (non-hydrogen) atoms. The van der Waals surface area contributed by atoms with E-state index >= 15 is 0 Å². The van der Waals surface area contributed by atoms with Gasteiger partial charge in [0.1, 0.15) is 5.75 Å². The van der Waals surface area contributed by atoms with E-state index in [0.29, 0.717) is 16.7 Å². The Morgan fingerprint density at radius 2 is 1.84 bits per heavy atom. The fourth-order valence-electron chi connectivity index (χ4n) is 5.80. The molecule has 0 radical (unpaired) electrons. The number of amides is 1. The molecule has 0 aromatic heterocycles. The molecule has 0 unspecified atom stereocenters. The van der Waals surface area contributed by atoms with E-state index in [-0.39, 0.29) is 19.1 Å². The minimum absolute atomic E-state index is 0.000990. The van der Waals surface area contributed by atoms with Gasteiger partial charge in [-0.25, -0.2) is 0 Å². The molecule has 0 aliphatic heterocycles. The number of hydrogen-bond donors (Lipinski definition) is 2. The third kappa shape index (κ3) is 3.72. The predicted molar refractivity (Wildman–Crippen MR) is 99.2 cm³/mol. The topological polar surface area (TPSA) is 58.6 Å². The lowest BCUT2D eigenvalue weighted by atomic mass is 9.49. The lowest BCUT2D eigenvalue weighted by Crippen LogP contribution is -2.51. The molecule has 4 fully saturated rings. The third-order valence-corrected chi connectivity index (χ3v) is 6.87. The van der Waals surface area contributed by atoms with Crippen LogP contribution in [0.25, 0.3) is 0 Å². The average molecular weight is 408 g/mol. The second-order valence-electron chi connectivity index (χ2n) is 8.39. The molecule has 1 amide bonds. The van der Waals surface area contributed by atoms with Crippen molar-refractivity contribution in [3.63, 3.8) is 0 Å². The molecule has 0 spiro atoms. The van der Waals surface area contributed by atoms with Gasteiger partial charge in [-0.15, -0.1) is 0 Å². The summed E-state index contributed by atoms with van der Waals surface area (Å²) in [5, 5.41) is 12.5. The van der Waals surface area contributed by atoms with Crippen LogP contribution in [0.1, 0.15) is 44.1 Å². The van der Waals surface area contributed by atoms with Gasteiger partial charge in [-0.05, 0) is 79.9 Å². The summed E-state index contributed by atoms with van der Waals surface area (Å²) in [6.07, 6.45) is 8.14. The molecule has 0 saturated heterocycles. The van der Waals surface area contributed by atoms with Crippen LogP contribution in [0.5, 0.6) is 5.75 Å². The first-order valence-electron chi connectivity index (χ1n) is 9.34. The predicted octanol–water partition coefficient (Wildman–Crippen LogP) is 3.65. The number of rotatable bonds is 6. The van der Waals surface area contributed by atoms with Crippen LogP contribution in [0.4, 0.5) is 0 Å². The summed E-state index contributed by atoms with van der Waals surface area (Å²) in [7, 11) is 0. The minimum atomic E-state index is -0.107. The lowest BCUT2D eigenvalue weighted by molar-refractivity contribution is -0.125. The van der Waals surface area contributed by atoms with Crippen LogP contribution in [-0.2, 0) is 11.4 Å². The van der Waals surface area contributed by atoms with Crippen molar-refractivity contribution >= 4 is 21.8 Å². The summed E-state index contributed by atoms with van der Waals surface area (Å²) in [5.74, 6) is 3.19. The molecule has 4 aliphatic carbocycles. The van der Waals surface area contributed by atoms with Crippen LogP contribution in [0.3, 0.4) is 0 Å². The third-order valence-electron chi connectivity index (χ3n) is 6.38. The van der Waals surface area contributed by atoms with Crippen LogP contribution in [-0.4, -0.2) is 24.2 Å². The summed E-state index contributed by atoms with van der Waals surface area (Å²) < 4.78 is 6.51. The van der Waals surface area contributed by atoms with Crippen molar-refractivity contribution in [3.8, 4) is 5.75 Å². The Kier molecular flexibility index (Phi) is 4.80. The van der Waals surface area contributed by atoms with Gasteiger partial charge in [0.25, 0.3) is 5.91 Å². The fourth-order valence-corrected chi connectivity index (χ4v) is 6.21. The molecule has 5 heteroatoms. The van der Waals surface area contributed by atoms with Crippen molar-refractivity contribution in [2.75, 3.05) is 13.2 Å². The molecular formula is C20H26BrNO3. The zero-order valence-electron chi connectivity index (χ0n) is 14.5. The monoisotopic (exact) mass is 407 g/mol. The lowest BCUT2D eigenvalue weighted by Gasteiger charge is -2.56. The fraction of sp³-hybridized carbons (Fsp3) is 0.650. The Morgan fingerprint density at radius 3 is 2.44 bits per heavy atom. The number of aliphatic hydroxyl groups is 1. The van der Waals surface area contributed by atoms with Crippen LogP contribution in [0, 0.1) is 23.2 Å². The van der Waals surface area contributed by atoms with Gasteiger partial charge in [0.2, 0.25) is 0 Å². The molecular weight excluding hydrogens is 382 g/mol. The Labute approximate surface area is 157 Å². The van der Waals surface area contributed by atoms with E-state index in [4.69, 9.17) is 4.74 Å². The summed E-state index contributed by atoms with van der Waals surface area (Å²) in [5.41, 5.74) is 1.03. The molecule has 1 aromatic rings. The molecule has 136 valence electrons. The van der Waals surface area contributed by atoms with E-state index in [0.717, 1.165) is 28.8 Å². The van der Waals surface area contributed by atoms with E-state index in [1.54, 1.807) is 6.07 Å². The zero-order chi connectivity index (χ0) is 17.4. The van der Waals surface area contributed by atoms with Crippen molar-refractivity contribution in [2.45, 2.75) is 45.1 Å². The van der Waals surface area contributed by atoms with Crippen LogP contribution in [0.2, 0.25) is 0 Å². The second kappa shape index (κ2) is 6.92. The Bertz CT molecular complexity index is 625. The first kappa shape index (κ1) is 17.3. The smallest absolute Gasteiger partial charge is 0.257 e. The van der Waals surface area contributed by atoms with E-state index in [2.05, 4.69) is 21.2 Å². The first-order chi connectivity index (χ1) is 12.0. The van der Waals surface area contributed by atoms with Crippen molar-refractivity contribution in [3.05, 3.63) is 28.2 Å². The number of nitrogens with one attached hydrogen (secondary N) is 1. The van der Waals surface area contributed by atoms with Gasteiger partial charge in [-0.3, -0.25) is 4.79 Å². The standard InChI is InChI=1S/C20H26BrNO3/c21-17-1-2-18(16(6-17)10-23)25-11-19(24)22-12-20-7-13-3-14(8-20)5-15(4-13)9-20/h1-2,6,13-15,23H,3-5,7-12H2,(H,22,24). The van der Waals surface area contributed by atoms with Gasteiger partial charge in [0, 0.05) is 16.6 Å². The number of benzene rings is 1. The molecule has 0 atom stereocenters. The number of carbonyl (C=O) groups excluding carboxylic acids is 1. The highest BCUT2D eigenvalue weighted by atomic mass is 79.9. The van der Waals surface area contributed by atoms with E-state index in [1.807, 2.05) is 12.1 Å². The van der Waals surface area contributed by atoms with Gasteiger partial charge < -0.3 is 15.2 Å². The largest absolute Gasteiger partial charge is 0.483 e. The molecule has 5 rings (SSSR count). The molecule has 4 bridgehead atoms. The summed E-state index contributed by atoms with van der Waals surface area (Å²) in [4.78, 5) is 12.3. The highest BCUT2D eigenvalue weighted by molar-refractivity contribution is 9.10. The summed E-state index contributed by atoms with van der Waals surface area (Å²) >= 11 is 3.37. The number of hydrogen-bond acceptors (Lipinski definition) is 3. The normalized spacial score (nSPS) is 32.6. The number of ether oxygens (including phenoxy) is 1. The van der Waals surface area contributed by atoms with E-state index < -0.39 is 0 Å². The molecule has 1 aromatic carbocycles. The second-order valence-corrected chi connectivity index (χ2v) is 9.31. The highest BCUT2D eigenvalue weighted by Crippen LogP contribution is 2.59.